The van der Waals surface area contributed by atoms with Gasteiger partial charge in [-0.05, 0) is 23.8 Å². The second kappa shape index (κ2) is 4.72. The van der Waals surface area contributed by atoms with Crippen LogP contribution in [0.4, 0.5) is 0 Å². The molecule has 1 aromatic heterocycles. The highest BCUT2D eigenvalue weighted by Gasteiger charge is 2.08. The minimum atomic E-state index is -3.16. The molecule has 2 aromatic carbocycles. The van der Waals surface area contributed by atoms with Gasteiger partial charge in [0.2, 0.25) is 0 Å². The zero-order valence-electron chi connectivity index (χ0n) is 10.9. The predicted molar refractivity (Wildman–Crippen MR) is 80.3 cm³/mol. The Morgan fingerprint density at radius 1 is 0.900 bits per heavy atom. The summed E-state index contributed by atoms with van der Waals surface area (Å²) >= 11 is 0. The summed E-state index contributed by atoms with van der Waals surface area (Å²) in [5.41, 5.74) is 2.88. The number of sulfone groups is 1. The molecule has 0 saturated heterocycles. The first kappa shape index (κ1) is 12.8. The zero-order chi connectivity index (χ0) is 14.2. The molecule has 0 spiro atoms. The van der Waals surface area contributed by atoms with Crippen LogP contribution in [0.3, 0.4) is 0 Å². The lowest BCUT2D eigenvalue weighted by atomic mass is 10.0. The van der Waals surface area contributed by atoms with Crippen LogP contribution in [0.25, 0.3) is 22.0 Å². The molecule has 0 saturated carbocycles. The molecule has 4 heteroatoms. The van der Waals surface area contributed by atoms with Crippen LogP contribution in [0.5, 0.6) is 0 Å². The number of nitrogens with zero attached hydrogens (tertiary/aromatic N) is 1. The van der Waals surface area contributed by atoms with Gasteiger partial charge in [0, 0.05) is 23.4 Å². The first-order valence-corrected chi connectivity index (χ1v) is 8.09. The molecular weight excluding hydrogens is 270 g/mol. The SMILES string of the molecule is CS(=O)(=O)c1ccc(-c2cccc3cccnc23)cc1. The van der Waals surface area contributed by atoms with E-state index in [0.717, 1.165) is 22.0 Å². The number of pyridine rings is 1. The van der Waals surface area contributed by atoms with E-state index in [4.69, 9.17) is 0 Å². The van der Waals surface area contributed by atoms with E-state index in [9.17, 15) is 8.42 Å². The van der Waals surface area contributed by atoms with E-state index >= 15 is 0 Å². The highest BCUT2D eigenvalue weighted by molar-refractivity contribution is 7.90. The minimum absolute atomic E-state index is 0.328. The second-order valence-corrected chi connectivity index (χ2v) is 6.69. The van der Waals surface area contributed by atoms with Gasteiger partial charge in [-0.1, -0.05) is 36.4 Å². The molecule has 3 aromatic rings. The molecule has 0 unspecified atom stereocenters. The molecule has 0 atom stereocenters. The van der Waals surface area contributed by atoms with Crippen molar-refractivity contribution in [1.29, 1.82) is 0 Å². The standard InChI is InChI=1S/C16H13NO2S/c1-20(18,19)14-9-7-12(8-10-14)15-6-2-4-13-5-3-11-17-16(13)15/h2-11H,1H3. The average molecular weight is 283 g/mol. The maximum atomic E-state index is 11.5. The molecule has 20 heavy (non-hydrogen) atoms. The Kier molecular flexibility index (Phi) is 3.03. The van der Waals surface area contributed by atoms with Gasteiger partial charge >= 0.3 is 0 Å². The highest BCUT2D eigenvalue weighted by Crippen LogP contribution is 2.27. The lowest BCUT2D eigenvalue weighted by Crippen LogP contribution is -1.96. The third kappa shape index (κ3) is 2.30. The van der Waals surface area contributed by atoms with E-state index in [1.54, 1.807) is 18.3 Å². The number of fused-ring (bicyclic) bond motifs is 1. The van der Waals surface area contributed by atoms with E-state index in [2.05, 4.69) is 4.98 Å². The highest BCUT2D eigenvalue weighted by atomic mass is 32.2. The molecule has 0 aliphatic heterocycles. The fourth-order valence-electron chi connectivity index (χ4n) is 2.22. The fraction of sp³-hybridized carbons (Fsp3) is 0.0625. The van der Waals surface area contributed by atoms with Crippen LogP contribution in [-0.4, -0.2) is 19.7 Å². The quantitative estimate of drug-likeness (QED) is 0.725. The van der Waals surface area contributed by atoms with Crippen LogP contribution >= 0.6 is 0 Å². The van der Waals surface area contributed by atoms with Crippen LogP contribution in [-0.2, 0) is 9.84 Å². The second-order valence-electron chi connectivity index (χ2n) is 4.68. The molecule has 0 amide bonds. The van der Waals surface area contributed by atoms with E-state index in [1.807, 2.05) is 42.5 Å². The molecule has 0 aliphatic rings. The van der Waals surface area contributed by atoms with Gasteiger partial charge in [-0.25, -0.2) is 8.42 Å². The van der Waals surface area contributed by atoms with Gasteiger partial charge in [0.05, 0.1) is 10.4 Å². The normalized spacial score (nSPS) is 11.7. The first-order chi connectivity index (χ1) is 9.55. The van der Waals surface area contributed by atoms with Crippen molar-refractivity contribution >= 4 is 20.7 Å². The van der Waals surface area contributed by atoms with Crippen LogP contribution in [0, 0.1) is 0 Å². The van der Waals surface area contributed by atoms with Crippen LogP contribution in [0.15, 0.2) is 65.7 Å². The fourth-order valence-corrected chi connectivity index (χ4v) is 2.85. The van der Waals surface area contributed by atoms with Gasteiger partial charge in [0.15, 0.2) is 9.84 Å². The van der Waals surface area contributed by atoms with Crippen molar-refractivity contribution < 1.29 is 8.42 Å². The maximum absolute atomic E-state index is 11.5. The number of benzene rings is 2. The zero-order valence-corrected chi connectivity index (χ0v) is 11.8. The van der Waals surface area contributed by atoms with Gasteiger partial charge < -0.3 is 0 Å². The van der Waals surface area contributed by atoms with Crippen molar-refractivity contribution in [3.63, 3.8) is 0 Å². The summed E-state index contributed by atoms with van der Waals surface area (Å²) in [5.74, 6) is 0. The third-order valence-electron chi connectivity index (χ3n) is 3.23. The minimum Gasteiger partial charge on any atom is -0.256 e. The lowest BCUT2D eigenvalue weighted by molar-refractivity contribution is 0.602. The molecule has 100 valence electrons. The number of hydrogen-bond acceptors (Lipinski definition) is 3. The Labute approximate surface area is 117 Å². The van der Waals surface area contributed by atoms with Gasteiger partial charge in [-0.2, -0.15) is 0 Å². The summed E-state index contributed by atoms with van der Waals surface area (Å²) in [6.45, 7) is 0. The molecule has 0 aliphatic carbocycles. The Hall–Kier alpha value is -2.20. The molecule has 3 nitrogen and oxygen atoms in total. The first-order valence-electron chi connectivity index (χ1n) is 6.20. The maximum Gasteiger partial charge on any atom is 0.175 e. The Bertz CT molecular complexity index is 863. The van der Waals surface area contributed by atoms with Crippen molar-refractivity contribution in [2.45, 2.75) is 4.90 Å². The smallest absolute Gasteiger partial charge is 0.175 e. The van der Waals surface area contributed by atoms with Crippen LogP contribution in [0.1, 0.15) is 0 Å². The van der Waals surface area contributed by atoms with E-state index < -0.39 is 9.84 Å². The predicted octanol–water partition coefficient (Wildman–Crippen LogP) is 3.31. The Balaban J connectivity index is 2.17. The molecule has 0 radical (unpaired) electrons. The topological polar surface area (TPSA) is 47.0 Å². The van der Waals surface area contributed by atoms with E-state index in [1.165, 1.54) is 6.26 Å². The molecule has 0 N–H and O–H groups in total. The van der Waals surface area contributed by atoms with E-state index in [0.29, 0.717) is 4.90 Å². The summed E-state index contributed by atoms with van der Waals surface area (Å²) in [6, 6.07) is 16.8. The molecule has 1 heterocycles. The van der Waals surface area contributed by atoms with Gasteiger partial charge in [0.25, 0.3) is 0 Å². The van der Waals surface area contributed by atoms with Crippen molar-refractivity contribution in [2.75, 3.05) is 6.26 Å². The van der Waals surface area contributed by atoms with Gasteiger partial charge in [0.1, 0.15) is 0 Å². The van der Waals surface area contributed by atoms with Crippen LogP contribution < -0.4 is 0 Å². The van der Waals surface area contributed by atoms with Crippen molar-refractivity contribution in [3.8, 4) is 11.1 Å². The van der Waals surface area contributed by atoms with Crippen molar-refractivity contribution in [1.82, 2.24) is 4.98 Å². The van der Waals surface area contributed by atoms with Crippen molar-refractivity contribution in [2.24, 2.45) is 0 Å². The number of rotatable bonds is 2. The summed E-state index contributed by atoms with van der Waals surface area (Å²) < 4.78 is 23.0. The molecule has 3 rings (SSSR count). The lowest BCUT2D eigenvalue weighted by Gasteiger charge is -2.06. The number of para-hydroxylation sites is 1. The van der Waals surface area contributed by atoms with E-state index in [-0.39, 0.29) is 0 Å². The van der Waals surface area contributed by atoms with Crippen molar-refractivity contribution in [3.05, 3.63) is 60.8 Å². The third-order valence-corrected chi connectivity index (χ3v) is 4.35. The molecule has 0 bridgehead atoms. The van der Waals surface area contributed by atoms with Gasteiger partial charge in [-0.15, -0.1) is 0 Å². The summed E-state index contributed by atoms with van der Waals surface area (Å²) in [6.07, 6.45) is 2.97. The monoisotopic (exact) mass is 283 g/mol. The number of aromatic nitrogens is 1. The largest absolute Gasteiger partial charge is 0.256 e. The molecular formula is C16H13NO2S. The Morgan fingerprint density at radius 2 is 1.60 bits per heavy atom. The Morgan fingerprint density at radius 3 is 2.30 bits per heavy atom. The number of hydrogen-bond donors (Lipinski definition) is 0. The summed E-state index contributed by atoms with van der Waals surface area (Å²) in [7, 11) is -3.16. The summed E-state index contributed by atoms with van der Waals surface area (Å²) in [5, 5.41) is 1.07. The summed E-state index contributed by atoms with van der Waals surface area (Å²) in [4.78, 5) is 4.74. The van der Waals surface area contributed by atoms with Gasteiger partial charge in [-0.3, -0.25) is 4.98 Å². The van der Waals surface area contributed by atoms with Crippen LogP contribution in [0.2, 0.25) is 0 Å². The average Bonchev–Trinajstić information content (AvgIpc) is 2.46. The molecule has 0 fully saturated rings.